The van der Waals surface area contributed by atoms with Gasteiger partial charge < -0.3 is 10.1 Å². The van der Waals surface area contributed by atoms with Crippen molar-refractivity contribution < 1.29 is 13.9 Å². The second kappa shape index (κ2) is 7.55. The van der Waals surface area contributed by atoms with Crippen LogP contribution in [0.2, 0.25) is 0 Å². The number of carbonyl (C=O) groups is 1. The van der Waals surface area contributed by atoms with Crippen LogP contribution in [0.25, 0.3) is 16.2 Å². The van der Waals surface area contributed by atoms with Gasteiger partial charge in [-0.05, 0) is 30.7 Å². The summed E-state index contributed by atoms with van der Waals surface area (Å²) >= 11 is 1.48. The quantitative estimate of drug-likeness (QED) is 0.669. The number of rotatable bonds is 7. The Morgan fingerprint density at radius 1 is 1.38 bits per heavy atom. The highest BCUT2D eigenvalue weighted by atomic mass is 32.1. The summed E-state index contributed by atoms with van der Waals surface area (Å²) < 4.78 is 19.9. The maximum absolute atomic E-state index is 13.0. The number of benzene rings is 1. The van der Waals surface area contributed by atoms with Crippen LogP contribution in [-0.4, -0.2) is 35.6 Å². The molecule has 0 saturated heterocycles. The predicted molar refractivity (Wildman–Crippen MR) is 91.7 cm³/mol. The molecule has 0 radical (unpaired) electrons. The molecule has 5 nitrogen and oxygen atoms in total. The topological polar surface area (TPSA) is 55.6 Å². The fourth-order valence-corrected chi connectivity index (χ4v) is 3.26. The van der Waals surface area contributed by atoms with Crippen molar-refractivity contribution in [2.24, 2.45) is 0 Å². The number of thiazole rings is 1. The number of methoxy groups -OCH3 is 1. The minimum atomic E-state index is -0.273. The Labute approximate surface area is 143 Å². The molecular formula is C17H18FN3O2S. The molecular weight excluding hydrogens is 329 g/mol. The van der Waals surface area contributed by atoms with E-state index in [4.69, 9.17) is 4.74 Å². The van der Waals surface area contributed by atoms with Crippen molar-refractivity contribution in [2.45, 2.75) is 12.8 Å². The molecule has 0 unspecified atom stereocenters. The van der Waals surface area contributed by atoms with Crippen LogP contribution in [0.4, 0.5) is 4.39 Å². The molecule has 0 atom stereocenters. The first-order chi connectivity index (χ1) is 11.7. The summed E-state index contributed by atoms with van der Waals surface area (Å²) in [6, 6.07) is 6.22. The normalized spacial score (nSPS) is 11.1. The molecule has 2 heterocycles. The number of nitrogens with zero attached hydrogens (tertiary/aromatic N) is 2. The van der Waals surface area contributed by atoms with Crippen molar-refractivity contribution in [3.8, 4) is 11.3 Å². The molecule has 1 amide bonds. The zero-order valence-corrected chi connectivity index (χ0v) is 14.1. The lowest BCUT2D eigenvalue weighted by atomic mass is 10.2. The minimum Gasteiger partial charge on any atom is -0.385 e. The lowest BCUT2D eigenvalue weighted by Gasteiger charge is -2.04. The van der Waals surface area contributed by atoms with E-state index in [0.717, 1.165) is 28.3 Å². The molecule has 2 aromatic heterocycles. The van der Waals surface area contributed by atoms with Gasteiger partial charge in [0, 0.05) is 43.1 Å². The van der Waals surface area contributed by atoms with E-state index in [2.05, 4.69) is 10.3 Å². The standard InChI is InChI=1S/C17H18FN3O2S/c1-23-8-2-7-19-16(22)9-14-11-24-17-20-15(10-21(14)17)12-3-5-13(18)6-4-12/h3-6,10-11H,2,7-9H2,1H3,(H,19,22). The van der Waals surface area contributed by atoms with Gasteiger partial charge in [-0.3, -0.25) is 9.20 Å². The van der Waals surface area contributed by atoms with Gasteiger partial charge in [0.05, 0.1) is 12.1 Å². The number of nitrogens with one attached hydrogen (secondary N) is 1. The van der Waals surface area contributed by atoms with Crippen LogP contribution in [0.1, 0.15) is 12.1 Å². The number of fused-ring (bicyclic) bond motifs is 1. The van der Waals surface area contributed by atoms with Crippen LogP contribution < -0.4 is 5.32 Å². The van der Waals surface area contributed by atoms with Gasteiger partial charge in [-0.2, -0.15) is 0 Å². The third kappa shape index (κ3) is 3.80. The van der Waals surface area contributed by atoms with E-state index in [-0.39, 0.29) is 11.7 Å². The molecule has 0 spiro atoms. The summed E-state index contributed by atoms with van der Waals surface area (Å²) in [5, 5.41) is 4.81. The average Bonchev–Trinajstić information content (AvgIpc) is 3.14. The maximum atomic E-state index is 13.0. The summed E-state index contributed by atoms with van der Waals surface area (Å²) in [4.78, 5) is 17.4. The van der Waals surface area contributed by atoms with Crippen molar-refractivity contribution >= 4 is 22.2 Å². The Balaban J connectivity index is 1.71. The van der Waals surface area contributed by atoms with Crippen LogP contribution >= 0.6 is 11.3 Å². The third-order valence-corrected chi connectivity index (χ3v) is 4.50. The summed E-state index contributed by atoms with van der Waals surface area (Å²) in [6.45, 7) is 1.23. The Hall–Kier alpha value is -2.25. The van der Waals surface area contributed by atoms with Crippen LogP contribution in [-0.2, 0) is 16.0 Å². The lowest BCUT2D eigenvalue weighted by molar-refractivity contribution is -0.120. The SMILES string of the molecule is COCCCNC(=O)Cc1csc2nc(-c3ccc(F)cc3)cn12. The van der Waals surface area contributed by atoms with Gasteiger partial charge in [0.25, 0.3) is 0 Å². The summed E-state index contributed by atoms with van der Waals surface area (Å²) in [7, 11) is 1.64. The van der Waals surface area contributed by atoms with E-state index in [1.807, 2.05) is 16.0 Å². The number of hydrogen-bond donors (Lipinski definition) is 1. The Bertz CT molecular complexity index is 826. The molecule has 7 heteroatoms. The van der Waals surface area contributed by atoms with Gasteiger partial charge in [-0.25, -0.2) is 9.37 Å². The van der Waals surface area contributed by atoms with Gasteiger partial charge in [-0.15, -0.1) is 11.3 Å². The molecule has 3 aromatic rings. The van der Waals surface area contributed by atoms with Crippen LogP contribution in [0.5, 0.6) is 0 Å². The molecule has 0 saturated carbocycles. The number of amides is 1. The van der Waals surface area contributed by atoms with Gasteiger partial charge in [0.1, 0.15) is 5.82 Å². The molecule has 1 aromatic carbocycles. The zero-order valence-electron chi connectivity index (χ0n) is 13.3. The van der Waals surface area contributed by atoms with Crippen molar-refractivity contribution in [1.82, 2.24) is 14.7 Å². The van der Waals surface area contributed by atoms with Crippen LogP contribution in [0.3, 0.4) is 0 Å². The number of aromatic nitrogens is 2. The number of carbonyl (C=O) groups excluding carboxylic acids is 1. The summed E-state index contributed by atoms with van der Waals surface area (Å²) in [5.41, 5.74) is 2.51. The molecule has 0 aliphatic heterocycles. The van der Waals surface area contributed by atoms with E-state index in [1.165, 1.54) is 23.5 Å². The molecule has 126 valence electrons. The summed E-state index contributed by atoms with van der Waals surface area (Å²) in [6.07, 6.45) is 2.97. The second-order valence-electron chi connectivity index (χ2n) is 5.39. The molecule has 0 bridgehead atoms. The first kappa shape index (κ1) is 16.6. The highest BCUT2D eigenvalue weighted by Gasteiger charge is 2.12. The van der Waals surface area contributed by atoms with Crippen molar-refractivity contribution in [3.05, 3.63) is 47.4 Å². The summed E-state index contributed by atoms with van der Waals surface area (Å²) in [5.74, 6) is -0.298. The number of ether oxygens (including phenoxy) is 1. The van der Waals surface area contributed by atoms with Gasteiger partial charge >= 0.3 is 0 Å². The smallest absolute Gasteiger partial charge is 0.225 e. The van der Waals surface area contributed by atoms with E-state index < -0.39 is 0 Å². The molecule has 3 rings (SSSR count). The molecule has 0 aliphatic carbocycles. The van der Waals surface area contributed by atoms with E-state index in [1.54, 1.807) is 19.2 Å². The highest BCUT2D eigenvalue weighted by Crippen LogP contribution is 2.24. The van der Waals surface area contributed by atoms with E-state index in [9.17, 15) is 9.18 Å². The average molecular weight is 347 g/mol. The largest absolute Gasteiger partial charge is 0.385 e. The first-order valence-electron chi connectivity index (χ1n) is 7.64. The van der Waals surface area contributed by atoms with Gasteiger partial charge in [0.2, 0.25) is 5.91 Å². The lowest BCUT2D eigenvalue weighted by Crippen LogP contribution is -2.27. The zero-order chi connectivity index (χ0) is 16.9. The third-order valence-electron chi connectivity index (χ3n) is 3.61. The molecule has 1 N–H and O–H groups in total. The number of hydrogen-bond acceptors (Lipinski definition) is 4. The van der Waals surface area contributed by atoms with Crippen molar-refractivity contribution in [2.75, 3.05) is 20.3 Å². The fraction of sp³-hybridized carbons (Fsp3) is 0.294. The Morgan fingerprint density at radius 2 is 2.17 bits per heavy atom. The molecule has 0 fully saturated rings. The molecule has 0 aliphatic rings. The van der Waals surface area contributed by atoms with Gasteiger partial charge in [0.15, 0.2) is 4.96 Å². The Kier molecular flexibility index (Phi) is 5.22. The Morgan fingerprint density at radius 3 is 2.92 bits per heavy atom. The van der Waals surface area contributed by atoms with E-state index >= 15 is 0 Å². The fourth-order valence-electron chi connectivity index (χ4n) is 2.39. The van der Waals surface area contributed by atoms with E-state index in [0.29, 0.717) is 19.6 Å². The second-order valence-corrected chi connectivity index (χ2v) is 6.22. The first-order valence-corrected chi connectivity index (χ1v) is 8.52. The number of imidazole rings is 1. The maximum Gasteiger partial charge on any atom is 0.225 e. The van der Waals surface area contributed by atoms with Crippen LogP contribution in [0, 0.1) is 5.82 Å². The van der Waals surface area contributed by atoms with Crippen molar-refractivity contribution in [1.29, 1.82) is 0 Å². The minimum absolute atomic E-state index is 0.0252. The monoisotopic (exact) mass is 347 g/mol. The molecule has 24 heavy (non-hydrogen) atoms. The highest BCUT2D eigenvalue weighted by molar-refractivity contribution is 7.15. The van der Waals surface area contributed by atoms with Crippen molar-refractivity contribution in [3.63, 3.8) is 0 Å². The number of halogens is 1. The van der Waals surface area contributed by atoms with Gasteiger partial charge in [-0.1, -0.05) is 0 Å². The predicted octanol–water partition coefficient (Wildman–Crippen LogP) is 2.90. The van der Waals surface area contributed by atoms with Crippen LogP contribution in [0.15, 0.2) is 35.8 Å².